The number of nitriles is 1. The van der Waals surface area contributed by atoms with E-state index in [0.29, 0.717) is 0 Å². The maximum Gasteiger partial charge on any atom is 0.0930 e. The van der Waals surface area contributed by atoms with E-state index in [4.69, 9.17) is 0 Å². The molecule has 2 heterocycles. The molecule has 0 N–H and O–H groups in total. The molecule has 0 spiro atoms. The van der Waals surface area contributed by atoms with Crippen LogP contribution in [0.4, 0.5) is 5.69 Å². The Morgan fingerprint density at radius 2 is 1.76 bits per heavy atom. The predicted octanol–water partition coefficient (Wildman–Crippen LogP) is 3.59. The van der Waals surface area contributed by atoms with Crippen molar-refractivity contribution < 1.29 is 0 Å². The summed E-state index contributed by atoms with van der Waals surface area (Å²) in [5, 5.41) is 14.0. The summed E-state index contributed by atoms with van der Waals surface area (Å²) in [6.45, 7) is 0.726. The van der Waals surface area contributed by atoms with E-state index in [-0.39, 0.29) is 12.0 Å². The van der Waals surface area contributed by atoms with Gasteiger partial charge in [-0.15, -0.1) is 0 Å². The van der Waals surface area contributed by atoms with E-state index in [0.717, 1.165) is 12.2 Å². The van der Waals surface area contributed by atoms with Crippen molar-refractivity contribution in [3.8, 4) is 6.07 Å². The zero-order valence-electron chi connectivity index (χ0n) is 11.6. The smallest absolute Gasteiger partial charge is 0.0930 e. The highest BCUT2D eigenvalue weighted by molar-refractivity contribution is 5.60. The second-order valence-corrected chi connectivity index (χ2v) is 5.42. The number of hydrazine groups is 1. The van der Waals surface area contributed by atoms with Crippen LogP contribution in [0.25, 0.3) is 6.08 Å². The Hall–Kier alpha value is -2.73. The van der Waals surface area contributed by atoms with E-state index in [1.807, 2.05) is 24.3 Å². The summed E-state index contributed by atoms with van der Waals surface area (Å²) in [7, 11) is 0. The molecule has 0 amide bonds. The fourth-order valence-electron chi connectivity index (χ4n) is 3.29. The van der Waals surface area contributed by atoms with Crippen molar-refractivity contribution in [1.82, 2.24) is 5.01 Å². The number of anilines is 1. The first-order valence-corrected chi connectivity index (χ1v) is 7.16. The van der Waals surface area contributed by atoms with E-state index < -0.39 is 0 Å². The molecular formula is C18H15N3. The molecule has 2 aromatic rings. The Kier molecular flexibility index (Phi) is 2.68. The number of hydrogen-bond acceptors (Lipinski definition) is 3. The number of rotatable bonds is 1. The van der Waals surface area contributed by atoms with Gasteiger partial charge in [0.2, 0.25) is 0 Å². The lowest BCUT2D eigenvalue weighted by Crippen LogP contribution is -2.35. The third-order valence-electron chi connectivity index (χ3n) is 4.26. The topological polar surface area (TPSA) is 30.3 Å². The minimum atomic E-state index is -0.0312. The summed E-state index contributed by atoms with van der Waals surface area (Å²) in [4.78, 5) is 0. The number of fused-ring (bicyclic) bond motifs is 3. The lowest BCUT2D eigenvalue weighted by atomic mass is 9.90. The lowest BCUT2D eigenvalue weighted by Gasteiger charge is -2.35. The fourth-order valence-corrected chi connectivity index (χ4v) is 3.29. The van der Waals surface area contributed by atoms with Crippen molar-refractivity contribution in [2.75, 3.05) is 11.6 Å². The van der Waals surface area contributed by atoms with Gasteiger partial charge in [0, 0.05) is 6.20 Å². The molecule has 0 aliphatic carbocycles. The van der Waals surface area contributed by atoms with E-state index >= 15 is 0 Å². The van der Waals surface area contributed by atoms with Gasteiger partial charge in [-0.2, -0.15) is 5.26 Å². The van der Waals surface area contributed by atoms with Crippen LogP contribution in [0.15, 0.2) is 60.8 Å². The van der Waals surface area contributed by atoms with Crippen molar-refractivity contribution in [3.63, 3.8) is 0 Å². The summed E-state index contributed by atoms with van der Waals surface area (Å²) in [5.41, 5.74) is 3.59. The maximum atomic E-state index is 9.57. The van der Waals surface area contributed by atoms with Gasteiger partial charge in [-0.25, -0.2) is 0 Å². The first kappa shape index (κ1) is 12.0. The molecule has 2 aliphatic heterocycles. The van der Waals surface area contributed by atoms with Crippen molar-refractivity contribution in [3.05, 3.63) is 71.9 Å². The molecule has 0 radical (unpaired) electrons. The Morgan fingerprint density at radius 3 is 2.57 bits per heavy atom. The molecule has 2 aromatic carbocycles. The zero-order valence-corrected chi connectivity index (χ0v) is 11.6. The molecule has 102 valence electrons. The molecule has 0 saturated carbocycles. The maximum absolute atomic E-state index is 9.57. The van der Waals surface area contributed by atoms with Crippen LogP contribution in [0.2, 0.25) is 0 Å². The highest BCUT2D eigenvalue weighted by atomic mass is 15.7. The summed E-state index contributed by atoms with van der Waals surface area (Å²) in [5.74, 6) is -0.0312. The van der Waals surface area contributed by atoms with Crippen LogP contribution in [0.3, 0.4) is 0 Å². The summed E-state index contributed by atoms with van der Waals surface area (Å²) in [6, 6.07) is 21.2. The Morgan fingerprint density at radius 1 is 1.00 bits per heavy atom. The van der Waals surface area contributed by atoms with Gasteiger partial charge in [-0.05, 0) is 29.3 Å². The molecule has 2 atom stereocenters. The number of hydrogen-bond donors (Lipinski definition) is 0. The SMILES string of the molecule is N#C[C@@H]1CN(c2ccccc2)N2C=Cc3ccccc3[C@H]12. The third kappa shape index (κ3) is 1.80. The van der Waals surface area contributed by atoms with Crippen LogP contribution in [-0.2, 0) is 0 Å². The van der Waals surface area contributed by atoms with Gasteiger partial charge in [0.05, 0.1) is 30.3 Å². The highest BCUT2D eigenvalue weighted by Gasteiger charge is 2.41. The normalized spacial score (nSPS) is 22.6. The third-order valence-corrected chi connectivity index (χ3v) is 4.26. The highest BCUT2D eigenvalue weighted by Crippen LogP contribution is 2.43. The van der Waals surface area contributed by atoms with E-state index in [2.05, 4.69) is 58.7 Å². The largest absolute Gasteiger partial charge is 0.284 e. The molecule has 21 heavy (non-hydrogen) atoms. The predicted molar refractivity (Wildman–Crippen MR) is 82.9 cm³/mol. The van der Waals surface area contributed by atoms with Crippen molar-refractivity contribution >= 4 is 11.8 Å². The van der Waals surface area contributed by atoms with Crippen LogP contribution in [0, 0.1) is 17.2 Å². The Labute approximate surface area is 124 Å². The fraction of sp³-hybridized carbons (Fsp3) is 0.167. The monoisotopic (exact) mass is 273 g/mol. The van der Waals surface area contributed by atoms with Gasteiger partial charge < -0.3 is 0 Å². The second-order valence-electron chi connectivity index (χ2n) is 5.42. The molecule has 3 heteroatoms. The number of nitrogens with zero attached hydrogens (tertiary/aromatic N) is 3. The van der Waals surface area contributed by atoms with Gasteiger partial charge in [-0.3, -0.25) is 10.0 Å². The lowest BCUT2D eigenvalue weighted by molar-refractivity contribution is 0.311. The average molecular weight is 273 g/mol. The molecule has 3 nitrogen and oxygen atoms in total. The molecule has 0 aromatic heterocycles. The summed E-state index contributed by atoms with van der Waals surface area (Å²) in [6.07, 6.45) is 4.22. The van der Waals surface area contributed by atoms with Crippen LogP contribution < -0.4 is 5.01 Å². The molecule has 1 fully saturated rings. The standard InChI is InChI=1S/C18H15N3/c19-12-15-13-21(16-7-2-1-3-8-16)20-11-10-14-6-4-5-9-17(14)18(15)20/h1-11,15,18H,13H2/t15-,18+/m1/s1. The van der Waals surface area contributed by atoms with E-state index in [1.54, 1.807) is 0 Å². The summed E-state index contributed by atoms with van der Waals surface area (Å²) >= 11 is 0. The van der Waals surface area contributed by atoms with E-state index in [1.165, 1.54) is 11.1 Å². The Balaban J connectivity index is 1.80. The van der Waals surface area contributed by atoms with Gasteiger partial charge >= 0.3 is 0 Å². The average Bonchev–Trinajstić information content (AvgIpc) is 2.95. The van der Waals surface area contributed by atoms with Gasteiger partial charge in [0.1, 0.15) is 0 Å². The Bertz CT molecular complexity index is 730. The molecule has 0 bridgehead atoms. The zero-order chi connectivity index (χ0) is 14.2. The number of para-hydroxylation sites is 1. The first-order chi connectivity index (χ1) is 10.4. The summed E-state index contributed by atoms with van der Waals surface area (Å²) < 4.78 is 0. The molecule has 1 saturated heterocycles. The number of benzene rings is 2. The van der Waals surface area contributed by atoms with Crippen molar-refractivity contribution in [2.24, 2.45) is 5.92 Å². The van der Waals surface area contributed by atoms with Crippen molar-refractivity contribution in [2.45, 2.75) is 6.04 Å². The molecule has 4 rings (SSSR count). The first-order valence-electron chi connectivity index (χ1n) is 7.16. The van der Waals surface area contributed by atoms with Gasteiger partial charge in [0.15, 0.2) is 0 Å². The van der Waals surface area contributed by atoms with E-state index in [9.17, 15) is 5.26 Å². The molecule has 0 unspecified atom stereocenters. The minimum Gasteiger partial charge on any atom is -0.284 e. The molecular weight excluding hydrogens is 258 g/mol. The van der Waals surface area contributed by atoms with Gasteiger partial charge in [-0.1, -0.05) is 42.5 Å². The van der Waals surface area contributed by atoms with Crippen LogP contribution in [0.1, 0.15) is 17.2 Å². The second kappa shape index (κ2) is 4.68. The minimum absolute atomic E-state index is 0.0312. The quantitative estimate of drug-likeness (QED) is 0.795. The van der Waals surface area contributed by atoms with Crippen LogP contribution >= 0.6 is 0 Å². The van der Waals surface area contributed by atoms with Crippen LogP contribution in [-0.4, -0.2) is 11.6 Å². The van der Waals surface area contributed by atoms with Crippen molar-refractivity contribution in [1.29, 1.82) is 5.26 Å². The molecule has 2 aliphatic rings. The van der Waals surface area contributed by atoms with Gasteiger partial charge in [0.25, 0.3) is 0 Å². The van der Waals surface area contributed by atoms with Crippen LogP contribution in [0.5, 0.6) is 0 Å².